The van der Waals surface area contributed by atoms with Crippen LogP contribution < -0.4 is 10.6 Å². The van der Waals surface area contributed by atoms with Crippen molar-refractivity contribution in [1.29, 1.82) is 0 Å². The molecule has 2 heterocycles. The molecule has 1 aromatic heterocycles. The molecular formula is C16H20N4. The SMILES string of the molecule is Nc1ccc(N2CCN(Cc3ccccc3)CC2)nc1. The van der Waals surface area contributed by atoms with E-state index in [4.69, 9.17) is 5.73 Å². The summed E-state index contributed by atoms with van der Waals surface area (Å²) >= 11 is 0. The molecule has 4 nitrogen and oxygen atoms in total. The maximum absolute atomic E-state index is 5.67. The quantitative estimate of drug-likeness (QED) is 0.924. The summed E-state index contributed by atoms with van der Waals surface area (Å²) in [4.78, 5) is 9.20. The first-order valence-electron chi connectivity index (χ1n) is 7.04. The predicted molar refractivity (Wildman–Crippen MR) is 82.6 cm³/mol. The van der Waals surface area contributed by atoms with E-state index in [0.717, 1.165) is 44.2 Å². The van der Waals surface area contributed by atoms with Gasteiger partial charge in [-0.25, -0.2) is 4.98 Å². The van der Waals surface area contributed by atoms with E-state index >= 15 is 0 Å². The highest BCUT2D eigenvalue weighted by Gasteiger charge is 2.17. The summed E-state index contributed by atoms with van der Waals surface area (Å²) in [5.41, 5.74) is 7.77. The van der Waals surface area contributed by atoms with Gasteiger partial charge in [-0.05, 0) is 17.7 Å². The third kappa shape index (κ3) is 3.08. The Labute approximate surface area is 119 Å². The summed E-state index contributed by atoms with van der Waals surface area (Å²) in [6, 6.07) is 14.6. The third-order valence-electron chi connectivity index (χ3n) is 3.72. The van der Waals surface area contributed by atoms with Gasteiger partial charge in [-0.3, -0.25) is 4.90 Å². The van der Waals surface area contributed by atoms with Crippen molar-refractivity contribution in [3.8, 4) is 0 Å². The Morgan fingerprint density at radius 1 is 0.950 bits per heavy atom. The number of hydrogen-bond acceptors (Lipinski definition) is 4. The van der Waals surface area contributed by atoms with Crippen LogP contribution in [0.2, 0.25) is 0 Å². The van der Waals surface area contributed by atoms with E-state index in [2.05, 4.69) is 45.1 Å². The molecule has 0 saturated carbocycles. The maximum Gasteiger partial charge on any atom is 0.128 e. The molecule has 2 N–H and O–H groups in total. The second-order valence-corrected chi connectivity index (χ2v) is 5.20. The van der Waals surface area contributed by atoms with E-state index in [1.54, 1.807) is 6.20 Å². The van der Waals surface area contributed by atoms with E-state index in [1.807, 2.05) is 12.1 Å². The van der Waals surface area contributed by atoms with Crippen molar-refractivity contribution in [2.24, 2.45) is 0 Å². The summed E-state index contributed by atoms with van der Waals surface area (Å²) in [5.74, 6) is 1.03. The van der Waals surface area contributed by atoms with Gasteiger partial charge in [0.15, 0.2) is 0 Å². The van der Waals surface area contributed by atoms with Crippen LogP contribution in [-0.2, 0) is 6.54 Å². The van der Waals surface area contributed by atoms with Gasteiger partial charge < -0.3 is 10.6 Å². The van der Waals surface area contributed by atoms with E-state index in [9.17, 15) is 0 Å². The molecule has 2 aromatic rings. The molecule has 1 aromatic carbocycles. The van der Waals surface area contributed by atoms with Gasteiger partial charge in [-0.1, -0.05) is 30.3 Å². The Bertz CT molecular complexity index is 530. The smallest absolute Gasteiger partial charge is 0.128 e. The Balaban J connectivity index is 1.55. The van der Waals surface area contributed by atoms with Crippen molar-refractivity contribution in [3.63, 3.8) is 0 Å². The van der Waals surface area contributed by atoms with Crippen molar-refractivity contribution in [3.05, 3.63) is 54.2 Å². The molecule has 20 heavy (non-hydrogen) atoms. The topological polar surface area (TPSA) is 45.4 Å². The molecule has 1 aliphatic heterocycles. The molecule has 1 saturated heterocycles. The number of aromatic nitrogens is 1. The number of pyridine rings is 1. The molecule has 0 atom stereocenters. The van der Waals surface area contributed by atoms with Crippen molar-refractivity contribution in [2.45, 2.75) is 6.54 Å². The standard InChI is InChI=1S/C16H20N4/c17-15-6-7-16(18-12-15)20-10-8-19(9-11-20)13-14-4-2-1-3-5-14/h1-7,12H,8-11,13,17H2. The largest absolute Gasteiger partial charge is 0.397 e. The number of nitrogens with two attached hydrogens (primary N) is 1. The van der Waals surface area contributed by atoms with Gasteiger partial charge in [0.2, 0.25) is 0 Å². The fourth-order valence-corrected chi connectivity index (χ4v) is 2.56. The van der Waals surface area contributed by atoms with Gasteiger partial charge in [0.1, 0.15) is 5.82 Å². The average molecular weight is 268 g/mol. The first-order valence-corrected chi connectivity index (χ1v) is 7.04. The second kappa shape index (κ2) is 5.92. The van der Waals surface area contributed by atoms with Crippen molar-refractivity contribution >= 4 is 11.5 Å². The van der Waals surface area contributed by atoms with E-state index < -0.39 is 0 Å². The van der Waals surface area contributed by atoms with Crippen LogP contribution in [0.4, 0.5) is 11.5 Å². The Kier molecular flexibility index (Phi) is 3.83. The van der Waals surface area contributed by atoms with Crippen LogP contribution in [-0.4, -0.2) is 36.1 Å². The second-order valence-electron chi connectivity index (χ2n) is 5.20. The monoisotopic (exact) mass is 268 g/mol. The number of benzene rings is 1. The van der Waals surface area contributed by atoms with E-state index in [-0.39, 0.29) is 0 Å². The zero-order valence-corrected chi connectivity index (χ0v) is 11.6. The van der Waals surface area contributed by atoms with E-state index in [1.165, 1.54) is 5.56 Å². The number of nitrogen functional groups attached to an aromatic ring is 1. The molecule has 0 amide bonds. The lowest BCUT2D eigenvalue weighted by molar-refractivity contribution is 0.249. The summed E-state index contributed by atoms with van der Waals surface area (Å²) < 4.78 is 0. The first-order chi connectivity index (χ1) is 9.81. The number of nitrogens with zero attached hydrogens (tertiary/aromatic N) is 3. The summed E-state index contributed by atoms with van der Waals surface area (Å²) in [7, 11) is 0. The maximum atomic E-state index is 5.67. The molecule has 0 unspecified atom stereocenters. The Morgan fingerprint density at radius 2 is 1.70 bits per heavy atom. The minimum absolute atomic E-state index is 0.719. The molecule has 1 aliphatic rings. The fourth-order valence-electron chi connectivity index (χ4n) is 2.56. The van der Waals surface area contributed by atoms with Crippen LogP contribution in [0.3, 0.4) is 0 Å². The fraction of sp³-hybridized carbons (Fsp3) is 0.312. The van der Waals surface area contributed by atoms with Gasteiger partial charge in [-0.15, -0.1) is 0 Å². The number of anilines is 2. The minimum Gasteiger partial charge on any atom is -0.397 e. The summed E-state index contributed by atoms with van der Waals surface area (Å²) in [5, 5.41) is 0. The van der Waals surface area contributed by atoms with Gasteiger partial charge >= 0.3 is 0 Å². The Hall–Kier alpha value is -2.07. The molecule has 0 spiro atoms. The van der Waals surface area contributed by atoms with Crippen molar-refractivity contribution in [1.82, 2.24) is 9.88 Å². The number of piperazine rings is 1. The Morgan fingerprint density at radius 3 is 2.35 bits per heavy atom. The molecule has 0 bridgehead atoms. The lowest BCUT2D eigenvalue weighted by atomic mass is 10.2. The van der Waals surface area contributed by atoms with Crippen LogP contribution in [0.1, 0.15) is 5.56 Å². The minimum atomic E-state index is 0.719. The van der Waals surface area contributed by atoms with Crippen LogP contribution in [0.25, 0.3) is 0 Å². The highest BCUT2D eigenvalue weighted by Crippen LogP contribution is 2.15. The lowest BCUT2D eigenvalue weighted by Crippen LogP contribution is -2.46. The highest BCUT2D eigenvalue weighted by atomic mass is 15.3. The van der Waals surface area contributed by atoms with Crippen LogP contribution in [0.5, 0.6) is 0 Å². The number of rotatable bonds is 3. The van der Waals surface area contributed by atoms with Gasteiger partial charge in [0, 0.05) is 32.7 Å². The normalized spacial score (nSPS) is 16.3. The molecule has 4 heteroatoms. The van der Waals surface area contributed by atoms with Crippen LogP contribution >= 0.6 is 0 Å². The first kappa shape index (κ1) is 12.9. The third-order valence-corrected chi connectivity index (χ3v) is 3.72. The summed E-state index contributed by atoms with van der Waals surface area (Å²) in [6.07, 6.45) is 1.73. The van der Waals surface area contributed by atoms with Crippen LogP contribution in [0.15, 0.2) is 48.7 Å². The predicted octanol–water partition coefficient (Wildman–Crippen LogP) is 1.99. The van der Waals surface area contributed by atoms with Crippen LogP contribution in [0, 0.1) is 0 Å². The number of hydrogen-bond donors (Lipinski definition) is 1. The molecule has 3 rings (SSSR count). The zero-order chi connectivity index (χ0) is 13.8. The highest BCUT2D eigenvalue weighted by molar-refractivity contribution is 5.46. The van der Waals surface area contributed by atoms with E-state index in [0.29, 0.717) is 0 Å². The molecule has 104 valence electrons. The van der Waals surface area contributed by atoms with Gasteiger partial charge in [0.05, 0.1) is 11.9 Å². The molecular weight excluding hydrogens is 248 g/mol. The van der Waals surface area contributed by atoms with Crippen molar-refractivity contribution < 1.29 is 0 Å². The van der Waals surface area contributed by atoms with Gasteiger partial charge in [-0.2, -0.15) is 0 Å². The summed E-state index contributed by atoms with van der Waals surface area (Å²) in [6.45, 7) is 5.21. The lowest BCUT2D eigenvalue weighted by Gasteiger charge is -2.35. The molecule has 1 fully saturated rings. The zero-order valence-electron chi connectivity index (χ0n) is 11.6. The average Bonchev–Trinajstić information content (AvgIpc) is 2.50. The van der Waals surface area contributed by atoms with Crippen molar-refractivity contribution in [2.75, 3.05) is 36.8 Å². The van der Waals surface area contributed by atoms with Gasteiger partial charge in [0.25, 0.3) is 0 Å². The molecule has 0 aliphatic carbocycles. The molecule has 0 radical (unpaired) electrons.